The maximum absolute atomic E-state index is 14.0. The molecule has 198 valence electrons. The Morgan fingerprint density at radius 1 is 1.11 bits per heavy atom. The number of carbonyl (C=O) groups excluding carboxylic acids is 2. The van der Waals surface area contributed by atoms with Gasteiger partial charge in [-0.15, -0.1) is 0 Å². The minimum Gasteiger partial charge on any atom is -0.478 e. The predicted octanol–water partition coefficient (Wildman–Crippen LogP) is 3.81. The van der Waals surface area contributed by atoms with Gasteiger partial charge < -0.3 is 25.7 Å². The number of pyridine rings is 1. The summed E-state index contributed by atoms with van der Waals surface area (Å²) in [5.74, 6) is -1.73. The van der Waals surface area contributed by atoms with Crippen LogP contribution in [0.4, 0.5) is 11.4 Å². The van der Waals surface area contributed by atoms with Gasteiger partial charge in [0.05, 0.1) is 29.6 Å². The number of carboxylic acids is 1. The summed E-state index contributed by atoms with van der Waals surface area (Å²) in [4.78, 5) is 44.2. The zero-order chi connectivity index (χ0) is 27.6. The lowest BCUT2D eigenvalue weighted by molar-refractivity contribution is -0.122. The molecule has 1 aliphatic heterocycles. The van der Waals surface area contributed by atoms with Crippen molar-refractivity contribution in [2.24, 2.45) is 0 Å². The predicted molar refractivity (Wildman–Crippen MR) is 145 cm³/mol. The SMILES string of the molecule is CNC(=O)c1cc(Cl)ncc1NC(=O)C1(c2ccccc2C(C)C)CN(c2ccc(CO)c(C(=O)O)c2)C1. The molecule has 0 atom stereocenters. The van der Waals surface area contributed by atoms with E-state index in [-0.39, 0.29) is 46.9 Å². The molecule has 0 radical (unpaired) electrons. The molecule has 9 nitrogen and oxygen atoms in total. The summed E-state index contributed by atoms with van der Waals surface area (Å²) in [6, 6.07) is 14.0. The number of halogens is 1. The summed E-state index contributed by atoms with van der Waals surface area (Å²) in [6.45, 7) is 4.27. The molecule has 2 heterocycles. The molecule has 3 aromatic rings. The summed E-state index contributed by atoms with van der Waals surface area (Å²) in [6.07, 6.45) is 1.36. The van der Waals surface area contributed by atoms with Gasteiger partial charge in [-0.25, -0.2) is 9.78 Å². The molecule has 2 amide bonds. The summed E-state index contributed by atoms with van der Waals surface area (Å²) in [7, 11) is 1.49. The van der Waals surface area contributed by atoms with Crippen LogP contribution in [0.15, 0.2) is 54.7 Å². The van der Waals surface area contributed by atoms with Gasteiger partial charge in [0.25, 0.3) is 5.91 Å². The van der Waals surface area contributed by atoms with Crippen molar-refractivity contribution < 1.29 is 24.6 Å². The number of rotatable bonds is 8. The van der Waals surface area contributed by atoms with Crippen LogP contribution < -0.4 is 15.5 Å². The zero-order valence-electron chi connectivity index (χ0n) is 21.3. The van der Waals surface area contributed by atoms with Crippen molar-refractivity contribution in [1.29, 1.82) is 0 Å². The number of hydrogen-bond acceptors (Lipinski definition) is 6. The van der Waals surface area contributed by atoms with E-state index in [1.54, 1.807) is 12.1 Å². The lowest BCUT2D eigenvalue weighted by Gasteiger charge is -2.51. The molecule has 4 rings (SSSR count). The van der Waals surface area contributed by atoms with Gasteiger partial charge in [-0.3, -0.25) is 9.59 Å². The molecule has 38 heavy (non-hydrogen) atoms. The quantitative estimate of drug-likeness (QED) is 0.322. The highest BCUT2D eigenvalue weighted by atomic mass is 35.5. The fraction of sp³-hybridized carbons (Fsp3) is 0.286. The third-order valence-electron chi connectivity index (χ3n) is 6.90. The van der Waals surface area contributed by atoms with Gasteiger partial charge in [-0.05, 0) is 40.8 Å². The van der Waals surface area contributed by atoms with Crippen LogP contribution in [0.1, 0.15) is 57.2 Å². The van der Waals surface area contributed by atoms with Crippen molar-refractivity contribution in [2.75, 3.05) is 30.4 Å². The Hall–Kier alpha value is -3.95. The first-order valence-corrected chi connectivity index (χ1v) is 12.5. The summed E-state index contributed by atoms with van der Waals surface area (Å²) in [5, 5.41) is 24.7. The van der Waals surface area contributed by atoms with E-state index < -0.39 is 23.9 Å². The smallest absolute Gasteiger partial charge is 0.336 e. The fourth-order valence-electron chi connectivity index (χ4n) is 4.85. The zero-order valence-corrected chi connectivity index (χ0v) is 22.0. The van der Waals surface area contributed by atoms with Crippen LogP contribution in [0, 0.1) is 0 Å². The normalized spacial score (nSPS) is 14.1. The van der Waals surface area contributed by atoms with Crippen LogP contribution in [0.3, 0.4) is 0 Å². The largest absolute Gasteiger partial charge is 0.478 e. The second-order valence-corrected chi connectivity index (χ2v) is 9.96. The van der Waals surface area contributed by atoms with Crippen LogP contribution in [-0.2, 0) is 16.8 Å². The molecule has 0 saturated carbocycles. The lowest BCUT2D eigenvalue weighted by atomic mass is 9.69. The van der Waals surface area contributed by atoms with E-state index in [1.807, 2.05) is 29.2 Å². The van der Waals surface area contributed by atoms with Crippen molar-refractivity contribution >= 4 is 40.8 Å². The first kappa shape index (κ1) is 27.1. The molecule has 4 N–H and O–H groups in total. The molecule has 0 spiro atoms. The molecule has 2 aromatic carbocycles. The average Bonchev–Trinajstić information content (AvgIpc) is 2.88. The number of aliphatic hydroxyl groups excluding tert-OH is 1. The number of anilines is 2. The van der Waals surface area contributed by atoms with E-state index in [0.29, 0.717) is 11.3 Å². The second kappa shape index (κ2) is 10.8. The van der Waals surface area contributed by atoms with E-state index in [0.717, 1.165) is 11.1 Å². The molecule has 0 bridgehead atoms. The maximum Gasteiger partial charge on any atom is 0.336 e. The van der Waals surface area contributed by atoms with Crippen molar-refractivity contribution in [3.8, 4) is 0 Å². The van der Waals surface area contributed by atoms with Gasteiger partial charge in [0, 0.05) is 25.8 Å². The minimum atomic E-state index is -1.14. The maximum atomic E-state index is 14.0. The van der Waals surface area contributed by atoms with E-state index in [4.69, 9.17) is 11.6 Å². The molecule has 1 saturated heterocycles. The summed E-state index contributed by atoms with van der Waals surface area (Å²) < 4.78 is 0. The Morgan fingerprint density at radius 3 is 2.45 bits per heavy atom. The van der Waals surface area contributed by atoms with Gasteiger partial charge >= 0.3 is 5.97 Å². The third-order valence-corrected chi connectivity index (χ3v) is 7.11. The van der Waals surface area contributed by atoms with E-state index in [9.17, 15) is 24.6 Å². The molecule has 1 aliphatic rings. The standard InChI is InChI=1S/C28H29ClN4O5/c1-16(2)19-6-4-5-7-22(19)28(27(38)32-23-12-31-24(29)11-21(23)25(35)30-3)14-33(15-28)18-9-8-17(13-34)20(10-18)26(36)37/h4-12,16,34H,13-15H2,1-3H3,(H,30,35)(H,32,38)(H,36,37). The van der Waals surface area contributed by atoms with Crippen LogP contribution in [0.5, 0.6) is 0 Å². The number of nitrogens with one attached hydrogen (secondary N) is 2. The number of hydrogen-bond donors (Lipinski definition) is 4. The van der Waals surface area contributed by atoms with Crippen LogP contribution >= 0.6 is 11.6 Å². The Kier molecular flexibility index (Phi) is 7.71. The number of aliphatic hydroxyl groups is 1. The first-order valence-electron chi connectivity index (χ1n) is 12.1. The van der Waals surface area contributed by atoms with Crippen LogP contribution in [0.25, 0.3) is 0 Å². The lowest BCUT2D eigenvalue weighted by Crippen LogP contribution is -2.65. The summed E-state index contributed by atoms with van der Waals surface area (Å²) >= 11 is 6.01. The fourth-order valence-corrected chi connectivity index (χ4v) is 5.01. The Balaban J connectivity index is 1.75. The monoisotopic (exact) mass is 536 g/mol. The van der Waals surface area contributed by atoms with E-state index >= 15 is 0 Å². The number of nitrogens with zero attached hydrogens (tertiary/aromatic N) is 2. The Labute approximate surface area is 225 Å². The van der Waals surface area contributed by atoms with Crippen LogP contribution in [-0.4, -0.2) is 53.1 Å². The third kappa shape index (κ3) is 4.94. The molecular formula is C28H29ClN4O5. The number of benzene rings is 2. The van der Waals surface area contributed by atoms with Gasteiger partial charge in [0.2, 0.25) is 5.91 Å². The highest BCUT2D eigenvalue weighted by Gasteiger charge is 2.52. The number of aromatic nitrogens is 1. The minimum absolute atomic E-state index is 0.0111. The molecule has 1 fully saturated rings. The molecule has 10 heteroatoms. The summed E-state index contributed by atoms with van der Waals surface area (Å²) in [5.41, 5.74) is 2.27. The Bertz CT molecular complexity index is 1400. The van der Waals surface area contributed by atoms with E-state index in [1.165, 1.54) is 25.4 Å². The number of carbonyl (C=O) groups is 3. The number of amides is 2. The molecule has 0 unspecified atom stereocenters. The van der Waals surface area contributed by atoms with Gasteiger partial charge in [0.15, 0.2) is 0 Å². The van der Waals surface area contributed by atoms with Crippen molar-refractivity contribution in [3.63, 3.8) is 0 Å². The van der Waals surface area contributed by atoms with Crippen molar-refractivity contribution in [3.05, 3.63) is 87.7 Å². The molecule has 1 aromatic heterocycles. The Morgan fingerprint density at radius 2 is 1.82 bits per heavy atom. The van der Waals surface area contributed by atoms with Crippen LogP contribution in [0.2, 0.25) is 5.15 Å². The highest BCUT2D eigenvalue weighted by molar-refractivity contribution is 6.30. The van der Waals surface area contributed by atoms with Crippen molar-refractivity contribution in [1.82, 2.24) is 10.3 Å². The van der Waals surface area contributed by atoms with Gasteiger partial charge in [-0.2, -0.15) is 0 Å². The van der Waals surface area contributed by atoms with Crippen molar-refractivity contribution in [2.45, 2.75) is 31.8 Å². The highest BCUT2D eigenvalue weighted by Crippen LogP contribution is 2.42. The van der Waals surface area contributed by atoms with Gasteiger partial charge in [0.1, 0.15) is 10.6 Å². The first-order chi connectivity index (χ1) is 18.1. The average molecular weight is 537 g/mol. The molecular weight excluding hydrogens is 508 g/mol. The van der Waals surface area contributed by atoms with Gasteiger partial charge in [-0.1, -0.05) is 55.8 Å². The topological polar surface area (TPSA) is 132 Å². The van der Waals surface area contributed by atoms with E-state index in [2.05, 4.69) is 29.5 Å². The number of aromatic carboxylic acids is 1. The molecule has 0 aliphatic carbocycles. The second-order valence-electron chi connectivity index (χ2n) is 9.57. The number of carboxylic acid groups (broad SMARTS) is 1.